The van der Waals surface area contributed by atoms with Crippen molar-refractivity contribution >= 4 is 0 Å². The van der Waals surface area contributed by atoms with Crippen molar-refractivity contribution in [3.8, 4) is 0 Å². The molecule has 0 aliphatic carbocycles. The average molecular weight is 187 g/mol. The molecule has 0 bridgehead atoms. The quantitative estimate of drug-likeness (QED) is 0.696. The van der Waals surface area contributed by atoms with Crippen molar-refractivity contribution in [3.63, 3.8) is 0 Å². The van der Waals surface area contributed by atoms with Crippen LogP contribution in [0, 0.1) is 0 Å². The van der Waals surface area contributed by atoms with Crippen molar-refractivity contribution < 1.29 is 5.11 Å². The van der Waals surface area contributed by atoms with E-state index in [1.165, 1.54) is 0 Å². The summed E-state index contributed by atoms with van der Waals surface area (Å²) >= 11 is 0. The summed E-state index contributed by atoms with van der Waals surface area (Å²) in [5.41, 5.74) is 2.04. The van der Waals surface area contributed by atoms with Crippen LogP contribution in [0.15, 0.2) is 54.3 Å². The molecule has 1 atom stereocenters. The summed E-state index contributed by atoms with van der Waals surface area (Å²) in [7, 11) is 0. The molecule has 1 aliphatic rings. The molecule has 1 unspecified atom stereocenters. The smallest absolute Gasteiger partial charge is 0.113 e. The second kappa shape index (κ2) is 3.68. The number of aliphatic hydroxyl groups excluding tert-OH is 1. The molecule has 2 heteroatoms. The molecule has 1 aromatic rings. The minimum atomic E-state index is 0.0914. The minimum Gasteiger partial charge on any atom is -0.508 e. The molecule has 2 N–H and O–H groups in total. The first-order valence-corrected chi connectivity index (χ1v) is 4.65. The van der Waals surface area contributed by atoms with Gasteiger partial charge in [0.05, 0.1) is 6.04 Å². The Balaban J connectivity index is 2.29. The predicted molar refractivity (Wildman–Crippen MR) is 57.0 cm³/mol. The fourth-order valence-corrected chi connectivity index (χ4v) is 1.74. The van der Waals surface area contributed by atoms with Crippen LogP contribution in [0.4, 0.5) is 0 Å². The summed E-state index contributed by atoms with van der Waals surface area (Å²) in [6.07, 6.45) is 1.97. The lowest BCUT2D eigenvalue weighted by Crippen LogP contribution is -2.16. The van der Waals surface area contributed by atoms with Gasteiger partial charge in [-0.05, 0) is 5.56 Å². The molecular weight excluding hydrogens is 174 g/mol. The van der Waals surface area contributed by atoms with E-state index in [2.05, 4.69) is 11.9 Å². The SMILES string of the molecule is C=C(O)C1=CCNC1c1ccccc1. The van der Waals surface area contributed by atoms with Crippen LogP contribution >= 0.6 is 0 Å². The summed E-state index contributed by atoms with van der Waals surface area (Å²) in [4.78, 5) is 0. The van der Waals surface area contributed by atoms with E-state index < -0.39 is 0 Å². The van der Waals surface area contributed by atoms with Crippen LogP contribution in [-0.2, 0) is 0 Å². The Kier molecular flexibility index (Phi) is 2.37. The molecule has 0 fully saturated rings. The van der Waals surface area contributed by atoms with Gasteiger partial charge in [-0.1, -0.05) is 43.0 Å². The van der Waals surface area contributed by atoms with Gasteiger partial charge in [-0.15, -0.1) is 0 Å². The largest absolute Gasteiger partial charge is 0.508 e. The lowest BCUT2D eigenvalue weighted by Gasteiger charge is -2.14. The normalized spacial score (nSPS) is 20.6. The van der Waals surface area contributed by atoms with Gasteiger partial charge in [-0.2, -0.15) is 0 Å². The van der Waals surface area contributed by atoms with Gasteiger partial charge in [0.2, 0.25) is 0 Å². The molecule has 0 spiro atoms. The summed E-state index contributed by atoms with van der Waals surface area (Å²) in [5, 5.41) is 12.7. The minimum absolute atomic E-state index is 0.0914. The van der Waals surface area contributed by atoms with Crippen molar-refractivity contribution in [2.75, 3.05) is 6.54 Å². The second-order valence-electron chi connectivity index (χ2n) is 3.36. The molecule has 0 radical (unpaired) electrons. The molecular formula is C12H13NO. The van der Waals surface area contributed by atoms with Crippen molar-refractivity contribution in [1.29, 1.82) is 0 Å². The topological polar surface area (TPSA) is 32.3 Å². The van der Waals surface area contributed by atoms with Gasteiger partial charge in [-0.3, -0.25) is 0 Å². The van der Waals surface area contributed by atoms with E-state index in [1.807, 2.05) is 36.4 Å². The fraction of sp³-hybridized carbons (Fsp3) is 0.167. The van der Waals surface area contributed by atoms with Gasteiger partial charge in [0.1, 0.15) is 5.76 Å². The Labute approximate surface area is 83.6 Å². The summed E-state index contributed by atoms with van der Waals surface area (Å²) in [6.45, 7) is 4.35. The Morgan fingerprint density at radius 3 is 2.71 bits per heavy atom. The second-order valence-corrected chi connectivity index (χ2v) is 3.36. The molecule has 1 aromatic carbocycles. The number of benzene rings is 1. The molecule has 14 heavy (non-hydrogen) atoms. The van der Waals surface area contributed by atoms with Crippen molar-refractivity contribution in [2.45, 2.75) is 6.04 Å². The Morgan fingerprint density at radius 1 is 1.36 bits per heavy atom. The Hall–Kier alpha value is -1.54. The zero-order valence-electron chi connectivity index (χ0n) is 7.90. The summed E-state index contributed by atoms with van der Waals surface area (Å²) < 4.78 is 0. The summed E-state index contributed by atoms with van der Waals surface area (Å²) in [5.74, 6) is 0.156. The first-order valence-electron chi connectivity index (χ1n) is 4.65. The highest BCUT2D eigenvalue weighted by Crippen LogP contribution is 2.28. The number of nitrogens with one attached hydrogen (secondary N) is 1. The maximum Gasteiger partial charge on any atom is 0.113 e. The van der Waals surface area contributed by atoms with E-state index in [0.717, 1.165) is 17.7 Å². The van der Waals surface area contributed by atoms with Gasteiger partial charge < -0.3 is 10.4 Å². The molecule has 0 amide bonds. The molecule has 1 heterocycles. The number of rotatable bonds is 2. The lowest BCUT2D eigenvalue weighted by molar-refractivity contribution is 0.416. The van der Waals surface area contributed by atoms with Crippen LogP contribution in [0.5, 0.6) is 0 Å². The number of aliphatic hydroxyl groups is 1. The highest BCUT2D eigenvalue weighted by atomic mass is 16.3. The Bertz CT molecular complexity index is 367. The van der Waals surface area contributed by atoms with Crippen LogP contribution < -0.4 is 5.32 Å². The maximum absolute atomic E-state index is 9.38. The van der Waals surface area contributed by atoms with Crippen molar-refractivity contribution in [3.05, 3.63) is 59.9 Å². The molecule has 2 nitrogen and oxygen atoms in total. The van der Waals surface area contributed by atoms with Gasteiger partial charge >= 0.3 is 0 Å². The van der Waals surface area contributed by atoms with Gasteiger partial charge in [-0.25, -0.2) is 0 Å². The highest BCUT2D eigenvalue weighted by molar-refractivity contribution is 5.39. The van der Waals surface area contributed by atoms with Crippen LogP contribution in [0.25, 0.3) is 0 Å². The van der Waals surface area contributed by atoms with Crippen LogP contribution in [0.3, 0.4) is 0 Å². The maximum atomic E-state index is 9.38. The third kappa shape index (κ3) is 1.56. The summed E-state index contributed by atoms with van der Waals surface area (Å²) in [6, 6.07) is 10.1. The number of hydrogen-bond donors (Lipinski definition) is 2. The van der Waals surface area contributed by atoms with E-state index in [-0.39, 0.29) is 11.8 Å². The fourth-order valence-electron chi connectivity index (χ4n) is 1.74. The van der Waals surface area contributed by atoms with Crippen LogP contribution in [0.2, 0.25) is 0 Å². The zero-order valence-corrected chi connectivity index (χ0v) is 7.90. The van der Waals surface area contributed by atoms with E-state index in [9.17, 15) is 5.11 Å². The predicted octanol–water partition coefficient (Wildman–Crippen LogP) is 2.33. The first kappa shape index (κ1) is 9.03. The van der Waals surface area contributed by atoms with Crippen LogP contribution in [-0.4, -0.2) is 11.7 Å². The molecule has 2 rings (SSSR count). The van der Waals surface area contributed by atoms with Gasteiger partial charge in [0.25, 0.3) is 0 Å². The van der Waals surface area contributed by atoms with E-state index in [4.69, 9.17) is 0 Å². The van der Waals surface area contributed by atoms with Crippen molar-refractivity contribution in [2.24, 2.45) is 0 Å². The van der Waals surface area contributed by atoms with E-state index in [1.54, 1.807) is 0 Å². The van der Waals surface area contributed by atoms with E-state index >= 15 is 0 Å². The molecule has 0 aromatic heterocycles. The van der Waals surface area contributed by atoms with Gasteiger partial charge in [0.15, 0.2) is 0 Å². The monoisotopic (exact) mass is 187 g/mol. The molecule has 0 saturated carbocycles. The first-order chi connectivity index (χ1) is 6.79. The van der Waals surface area contributed by atoms with E-state index in [0.29, 0.717) is 0 Å². The van der Waals surface area contributed by atoms with Crippen molar-refractivity contribution in [1.82, 2.24) is 5.32 Å². The molecule has 1 aliphatic heterocycles. The Morgan fingerprint density at radius 2 is 2.07 bits per heavy atom. The molecule has 72 valence electrons. The number of hydrogen-bond acceptors (Lipinski definition) is 2. The molecule has 0 saturated heterocycles. The van der Waals surface area contributed by atoms with Crippen LogP contribution in [0.1, 0.15) is 11.6 Å². The standard InChI is InChI=1S/C12H13NO/c1-9(14)11-7-8-13-12(11)10-5-3-2-4-6-10/h2-7,12-14H,1,8H2. The highest BCUT2D eigenvalue weighted by Gasteiger charge is 2.21. The van der Waals surface area contributed by atoms with Gasteiger partial charge in [0, 0.05) is 12.1 Å². The third-order valence-corrected chi connectivity index (χ3v) is 2.42. The lowest BCUT2D eigenvalue weighted by atomic mass is 10.00. The third-order valence-electron chi connectivity index (χ3n) is 2.42. The average Bonchev–Trinajstić information content (AvgIpc) is 2.67. The zero-order chi connectivity index (χ0) is 9.97.